The van der Waals surface area contributed by atoms with Crippen molar-refractivity contribution >= 4 is 22.0 Å². The van der Waals surface area contributed by atoms with Crippen molar-refractivity contribution in [3.63, 3.8) is 0 Å². The summed E-state index contributed by atoms with van der Waals surface area (Å²) < 4.78 is 46.7. The van der Waals surface area contributed by atoms with Crippen LogP contribution in [0.1, 0.15) is 5.56 Å². The number of nitrogens with one attached hydrogen (secondary N) is 1. The van der Waals surface area contributed by atoms with E-state index in [2.05, 4.69) is 10.3 Å². The van der Waals surface area contributed by atoms with Gasteiger partial charge in [0.25, 0.3) is 10.0 Å². The Kier molecular flexibility index (Phi) is 9.04. The van der Waals surface area contributed by atoms with Gasteiger partial charge >= 0.3 is 11.9 Å². The highest BCUT2D eigenvalue weighted by molar-refractivity contribution is 7.90. The maximum atomic E-state index is 14.2. The molecule has 180 valence electrons. The molecule has 0 aliphatic heterocycles. The number of hydrogen-bond donors (Lipinski definition) is 3. The lowest BCUT2D eigenvalue weighted by molar-refractivity contribution is -0.134. The number of carbonyl (C=O) groups is 2. The van der Waals surface area contributed by atoms with E-state index in [0.717, 1.165) is 3.97 Å². The van der Waals surface area contributed by atoms with Gasteiger partial charge in [-0.15, -0.1) is 0 Å². The second-order valence-electron chi connectivity index (χ2n) is 6.60. The average Bonchev–Trinajstić information content (AvgIpc) is 3.23. The van der Waals surface area contributed by atoms with Crippen molar-refractivity contribution < 1.29 is 37.3 Å². The van der Waals surface area contributed by atoms with Crippen LogP contribution in [0, 0.1) is 5.95 Å². The number of carboxylic acids is 2. The van der Waals surface area contributed by atoms with E-state index < -0.39 is 27.9 Å². The van der Waals surface area contributed by atoms with Crippen molar-refractivity contribution in [3.05, 3.63) is 78.5 Å². The molecule has 12 heteroatoms. The number of aromatic nitrogens is 2. The Morgan fingerprint density at radius 1 is 1.15 bits per heavy atom. The van der Waals surface area contributed by atoms with Crippen LogP contribution in [0.5, 0.6) is 5.75 Å². The fourth-order valence-corrected chi connectivity index (χ4v) is 4.21. The number of carboxylic acid groups (broad SMARTS) is 2. The summed E-state index contributed by atoms with van der Waals surface area (Å²) in [6.45, 7) is 0.440. The average molecular weight is 491 g/mol. The molecule has 0 aliphatic rings. The highest BCUT2D eigenvalue weighted by Crippen LogP contribution is 2.29. The highest BCUT2D eigenvalue weighted by atomic mass is 32.2. The van der Waals surface area contributed by atoms with Crippen molar-refractivity contribution in [3.8, 4) is 17.0 Å². The number of hydrogen-bond acceptors (Lipinski definition) is 7. The number of nitrogens with zero attached hydrogens (tertiary/aromatic N) is 2. The molecule has 2 heterocycles. The van der Waals surface area contributed by atoms with E-state index >= 15 is 0 Å². The molecule has 3 aromatic rings. The Labute approximate surface area is 195 Å². The fraction of sp³-hybridized carbons (Fsp3) is 0.136. The highest BCUT2D eigenvalue weighted by Gasteiger charge is 2.24. The van der Waals surface area contributed by atoms with Crippen LogP contribution < -0.4 is 10.1 Å². The molecule has 10 nitrogen and oxygen atoms in total. The van der Waals surface area contributed by atoms with E-state index in [-0.39, 0.29) is 16.2 Å². The lowest BCUT2D eigenvalue weighted by Gasteiger charge is -2.11. The van der Waals surface area contributed by atoms with Crippen LogP contribution in [-0.4, -0.2) is 53.7 Å². The number of rotatable bonds is 8. The van der Waals surface area contributed by atoms with Gasteiger partial charge in [-0.25, -0.2) is 27.0 Å². The van der Waals surface area contributed by atoms with Gasteiger partial charge in [0.1, 0.15) is 5.75 Å². The molecule has 0 unspecified atom stereocenters. The zero-order valence-corrected chi connectivity index (χ0v) is 19.0. The third-order valence-corrected chi connectivity index (χ3v) is 5.89. The van der Waals surface area contributed by atoms with Crippen molar-refractivity contribution in [2.24, 2.45) is 0 Å². The molecule has 0 atom stereocenters. The second-order valence-corrected chi connectivity index (χ2v) is 8.41. The van der Waals surface area contributed by atoms with E-state index in [1.807, 2.05) is 0 Å². The molecular formula is C22H22FN3O7S. The first-order valence-electron chi connectivity index (χ1n) is 9.60. The van der Waals surface area contributed by atoms with E-state index in [0.29, 0.717) is 30.0 Å². The summed E-state index contributed by atoms with van der Waals surface area (Å²) in [6, 6.07) is 10.8. The van der Waals surface area contributed by atoms with Crippen LogP contribution in [0.25, 0.3) is 11.3 Å². The number of halogens is 1. The van der Waals surface area contributed by atoms with Crippen LogP contribution in [0.4, 0.5) is 4.39 Å². The largest absolute Gasteiger partial charge is 0.497 e. The van der Waals surface area contributed by atoms with E-state index in [1.54, 1.807) is 31.3 Å². The molecule has 34 heavy (non-hydrogen) atoms. The monoisotopic (exact) mass is 491 g/mol. The maximum Gasteiger partial charge on any atom is 0.328 e. The summed E-state index contributed by atoms with van der Waals surface area (Å²) in [5, 5.41) is 18.6. The second kappa shape index (κ2) is 11.7. The van der Waals surface area contributed by atoms with Gasteiger partial charge in [0.05, 0.1) is 23.3 Å². The number of methoxy groups -OCH3 is 1. The first-order valence-corrected chi connectivity index (χ1v) is 11.0. The predicted molar refractivity (Wildman–Crippen MR) is 120 cm³/mol. The van der Waals surface area contributed by atoms with Gasteiger partial charge in [-0.3, -0.25) is 0 Å². The van der Waals surface area contributed by atoms with Gasteiger partial charge in [-0.05, 0) is 42.9 Å². The molecule has 0 saturated heterocycles. The lowest BCUT2D eigenvalue weighted by atomic mass is 10.2. The zero-order valence-electron chi connectivity index (χ0n) is 18.2. The minimum atomic E-state index is -3.95. The van der Waals surface area contributed by atoms with Crippen LogP contribution in [0.15, 0.2) is 71.9 Å². The third kappa shape index (κ3) is 6.73. The first kappa shape index (κ1) is 26.2. The summed E-state index contributed by atoms with van der Waals surface area (Å²) in [7, 11) is -0.741. The number of benzene rings is 1. The molecule has 3 rings (SSSR count). The topological polar surface area (TPSA) is 148 Å². The minimum absolute atomic E-state index is 0.0500. The molecule has 0 fully saturated rings. The molecule has 0 radical (unpaired) electrons. The standard InChI is InChI=1S/C18H18FN3O3S.C4H4O4/c1-20-11-13-9-17(16-7-4-8-21-18(16)19)22(12-13)26(23,24)15-6-3-5-14(10-15)25-2;5-3(6)1-2-4(7)8/h3-10,12,20H,11H2,1-2H3;1-2H,(H,5,6)(H,7,8). The van der Waals surface area contributed by atoms with Gasteiger partial charge in [0, 0.05) is 37.2 Å². The Bertz CT molecular complexity index is 1290. The summed E-state index contributed by atoms with van der Waals surface area (Å²) in [4.78, 5) is 22.8. The molecule has 0 spiro atoms. The summed E-state index contributed by atoms with van der Waals surface area (Å²) in [5.41, 5.74) is 1.03. The van der Waals surface area contributed by atoms with Gasteiger partial charge in [-0.1, -0.05) is 6.07 Å². The van der Waals surface area contributed by atoms with Crippen LogP contribution >= 0.6 is 0 Å². The molecular weight excluding hydrogens is 469 g/mol. The number of pyridine rings is 1. The van der Waals surface area contributed by atoms with E-state index in [9.17, 15) is 22.4 Å². The zero-order chi connectivity index (χ0) is 25.3. The van der Waals surface area contributed by atoms with Gasteiger partial charge in [0.2, 0.25) is 5.95 Å². The van der Waals surface area contributed by atoms with E-state index in [1.165, 1.54) is 37.7 Å². The Morgan fingerprint density at radius 3 is 2.38 bits per heavy atom. The summed E-state index contributed by atoms with van der Waals surface area (Å²) in [6.07, 6.45) is 3.91. The SMILES string of the molecule is CNCc1cc(-c2cccnc2F)n(S(=O)(=O)c2cccc(OC)c2)c1.O=C(O)C=CC(=O)O. The van der Waals surface area contributed by atoms with E-state index in [4.69, 9.17) is 14.9 Å². The van der Waals surface area contributed by atoms with Gasteiger partial charge in [-0.2, -0.15) is 4.39 Å². The normalized spacial score (nSPS) is 11.0. The first-order chi connectivity index (χ1) is 16.1. The third-order valence-electron chi connectivity index (χ3n) is 4.23. The summed E-state index contributed by atoms with van der Waals surface area (Å²) in [5.74, 6) is -2.83. The summed E-state index contributed by atoms with van der Waals surface area (Å²) >= 11 is 0. The van der Waals surface area contributed by atoms with Crippen molar-refractivity contribution in [1.82, 2.24) is 14.3 Å². The van der Waals surface area contributed by atoms with Gasteiger partial charge in [0.15, 0.2) is 0 Å². The van der Waals surface area contributed by atoms with Crippen molar-refractivity contribution in [1.29, 1.82) is 0 Å². The number of ether oxygens (including phenoxy) is 1. The molecule has 0 saturated carbocycles. The maximum absolute atomic E-state index is 14.2. The molecule has 0 bridgehead atoms. The van der Waals surface area contributed by atoms with Crippen LogP contribution in [-0.2, 0) is 26.2 Å². The molecule has 0 aliphatic carbocycles. The molecule has 3 N–H and O–H groups in total. The van der Waals surface area contributed by atoms with Crippen molar-refractivity contribution in [2.75, 3.05) is 14.2 Å². The molecule has 1 aromatic carbocycles. The van der Waals surface area contributed by atoms with Crippen LogP contribution in [0.3, 0.4) is 0 Å². The predicted octanol–water partition coefficient (Wildman–Crippen LogP) is 2.37. The quantitative estimate of drug-likeness (QED) is 0.319. The minimum Gasteiger partial charge on any atom is -0.497 e. The number of aliphatic carboxylic acids is 2. The lowest BCUT2D eigenvalue weighted by Crippen LogP contribution is -2.14. The Hall–Kier alpha value is -4.03. The Morgan fingerprint density at radius 2 is 1.82 bits per heavy atom. The van der Waals surface area contributed by atoms with Crippen LogP contribution in [0.2, 0.25) is 0 Å². The van der Waals surface area contributed by atoms with Crippen molar-refractivity contribution in [2.45, 2.75) is 11.4 Å². The van der Waals surface area contributed by atoms with Gasteiger partial charge < -0.3 is 20.3 Å². The fourth-order valence-electron chi connectivity index (χ4n) is 2.79. The molecule has 2 aromatic heterocycles. The smallest absolute Gasteiger partial charge is 0.328 e. The Balaban J connectivity index is 0.000000440. The molecule has 0 amide bonds.